The highest BCUT2D eigenvalue weighted by atomic mass is 19.3. The minimum absolute atomic E-state index is 0.0308. The van der Waals surface area contributed by atoms with E-state index in [0.717, 1.165) is 0 Å². The van der Waals surface area contributed by atoms with E-state index < -0.39 is 12.1 Å². The van der Waals surface area contributed by atoms with Crippen LogP contribution >= 0.6 is 0 Å². The average molecular weight is 200 g/mol. The van der Waals surface area contributed by atoms with Crippen molar-refractivity contribution in [3.05, 3.63) is 28.6 Å². The van der Waals surface area contributed by atoms with Crippen molar-refractivity contribution in [2.75, 3.05) is 0 Å². The van der Waals surface area contributed by atoms with Crippen LogP contribution in [0.25, 0.3) is 0 Å². The summed E-state index contributed by atoms with van der Waals surface area (Å²) in [7, 11) is 0. The summed E-state index contributed by atoms with van der Waals surface area (Å²) in [5.74, 6) is 0. The van der Waals surface area contributed by atoms with Crippen LogP contribution < -0.4 is 5.73 Å². The summed E-state index contributed by atoms with van der Waals surface area (Å²) in [6, 6.07) is 1.23. The van der Waals surface area contributed by atoms with Crippen molar-refractivity contribution < 1.29 is 13.6 Å². The molecule has 1 heterocycles. The quantitative estimate of drug-likeness (QED) is 0.754. The molecule has 1 aromatic rings. The average Bonchev–Trinajstić information content (AvgIpc) is 2.17. The fourth-order valence-corrected chi connectivity index (χ4v) is 1.15. The fourth-order valence-electron chi connectivity index (χ4n) is 1.15. The van der Waals surface area contributed by atoms with Crippen molar-refractivity contribution in [2.24, 2.45) is 5.73 Å². The van der Waals surface area contributed by atoms with Gasteiger partial charge in [-0.3, -0.25) is 4.79 Å². The molecule has 76 valence electrons. The SMILES string of the molecule is Cc1c(CN)cc(C(F)F)nc1C=O. The van der Waals surface area contributed by atoms with Gasteiger partial charge in [0.1, 0.15) is 11.4 Å². The van der Waals surface area contributed by atoms with E-state index in [1.54, 1.807) is 6.92 Å². The number of hydrogen-bond donors (Lipinski definition) is 1. The molecule has 0 aliphatic carbocycles. The van der Waals surface area contributed by atoms with Gasteiger partial charge in [0.2, 0.25) is 0 Å². The van der Waals surface area contributed by atoms with E-state index in [0.29, 0.717) is 17.4 Å². The number of hydrogen-bond acceptors (Lipinski definition) is 3. The molecule has 1 aromatic heterocycles. The largest absolute Gasteiger partial charge is 0.326 e. The van der Waals surface area contributed by atoms with Gasteiger partial charge in [-0.1, -0.05) is 0 Å². The van der Waals surface area contributed by atoms with Crippen LogP contribution in [0.1, 0.15) is 33.7 Å². The summed E-state index contributed by atoms with van der Waals surface area (Å²) in [5, 5.41) is 0. The van der Waals surface area contributed by atoms with E-state index in [9.17, 15) is 13.6 Å². The molecule has 0 saturated carbocycles. The van der Waals surface area contributed by atoms with E-state index in [4.69, 9.17) is 5.73 Å². The summed E-state index contributed by atoms with van der Waals surface area (Å²) in [4.78, 5) is 14.0. The number of nitrogens with zero attached hydrogens (tertiary/aromatic N) is 1. The van der Waals surface area contributed by atoms with Crippen LogP contribution in [0.15, 0.2) is 6.07 Å². The Morgan fingerprint density at radius 2 is 2.29 bits per heavy atom. The second-order valence-corrected chi connectivity index (χ2v) is 2.84. The molecule has 1 rings (SSSR count). The molecule has 0 bridgehead atoms. The summed E-state index contributed by atoms with van der Waals surface area (Å²) < 4.78 is 24.6. The third-order valence-corrected chi connectivity index (χ3v) is 1.99. The van der Waals surface area contributed by atoms with Gasteiger partial charge in [0.25, 0.3) is 6.43 Å². The van der Waals surface area contributed by atoms with Crippen LogP contribution in [0.2, 0.25) is 0 Å². The second-order valence-electron chi connectivity index (χ2n) is 2.84. The highest BCUT2D eigenvalue weighted by Crippen LogP contribution is 2.20. The summed E-state index contributed by atoms with van der Waals surface area (Å²) in [6.07, 6.45) is -2.22. The molecule has 0 aliphatic heterocycles. The predicted octanol–water partition coefficient (Wildman–Crippen LogP) is 1.60. The minimum Gasteiger partial charge on any atom is -0.326 e. The molecule has 2 N–H and O–H groups in total. The summed E-state index contributed by atoms with van der Waals surface area (Å²) in [5.41, 5.74) is 6.07. The zero-order valence-corrected chi connectivity index (χ0v) is 7.63. The number of aromatic nitrogens is 1. The molecule has 0 atom stereocenters. The molecule has 0 amide bonds. The molecule has 0 saturated heterocycles. The second kappa shape index (κ2) is 4.23. The zero-order valence-electron chi connectivity index (χ0n) is 7.63. The molecule has 0 fully saturated rings. The first kappa shape index (κ1) is 10.7. The Labute approximate surface area is 79.9 Å². The van der Waals surface area contributed by atoms with Crippen molar-refractivity contribution in [2.45, 2.75) is 19.9 Å². The van der Waals surface area contributed by atoms with Crippen LogP contribution in [-0.2, 0) is 6.54 Å². The van der Waals surface area contributed by atoms with Gasteiger partial charge < -0.3 is 5.73 Å². The lowest BCUT2D eigenvalue weighted by Crippen LogP contribution is -2.06. The number of nitrogens with two attached hydrogens (primary N) is 1. The lowest BCUT2D eigenvalue weighted by molar-refractivity contribution is 0.111. The maximum atomic E-state index is 12.3. The minimum atomic E-state index is -2.68. The first-order valence-corrected chi connectivity index (χ1v) is 4.04. The van der Waals surface area contributed by atoms with Crippen molar-refractivity contribution in [1.82, 2.24) is 4.98 Å². The standard InChI is InChI=1S/C9H10F2N2O/c1-5-6(3-12)2-7(9(10)11)13-8(5)4-14/h2,4,9H,3,12H2,1H3. The number of carbonyl (C=O) groups excluding carboxylic acids is 1. The lowest BCUT2D eigenvalue weighted by Gasteiger charge is -2.08. The highest BCUT2D eigenvalue weighted by Gasteiger charge is 2.13. The van der Waals surface area contributed by atoms with Crippen LogP contribution in [0.5, 0.6) is 0 Å². The number of rotatable bonds is 3. The van der Waals surface area contributed by atoms with Gasteiger partial charge in [-0.15, -0.1) is 0 Å². The van der Waals surface area contributed by atoms with Gasteiger partial charge >= 0.3 is 0 Å². The monoisotopic (exact) mass is 200 g/mol. The Morgan fingerprint density at radius 3 is 2.71 bits per heavy atom. The smallest absolute Gasteiger partial charge is 0.280 e. The van der Waals surface area contributed by atoms with Crippen molar-refractivity contribution >= 4 is 6.29 Å². The molecule has 0 spiro atoms. The molecular weight excluding hydrogens is 190 g/mol. The van der Waals surface area contributed by atoms with Crippen LogP contribution in [0.4, 0.5) is 8.78 Å². The topological polar surface area (TPSA) is 56.0 Å². The third kappa shape index (κ3) is 1.93. The Bertz CT molecular complexity index is 353. The molecule has 0 radical (unpaired) electrons. The predicted molar refractivity (Wildman–Crippen MR) is 47.2 cm³/mol. The Kier molecular flexibility index (Phi) is 3.24. The van der Waals surface area contributed by atoms with E-state index >= 15 is 0 Å². The number of aldehydes is 1. The van der Waals surface area contributed by atoms with Crippen LogP contribution in [0, 0.1) is 6.92 Å². The molecule has 14 heavy (non-hydrogen) atoms. The Hall–Kier alpha value is -1.36. The maximum absolute atomic E-state index is 12.3. The zero-order chi connectivity index (χ0) is 10.7. The van der Waals surface area contributed by atoms with Gasteiger partial charge in [0.15, 0.2) is 6.29 Å². The Balaban J connectivity index is 3.31. The van der Waals surface area contributed by atoms with E-state index in [2.05, 4.69) is 4.98 Å². The molecular formula is C9H10F2N2O. The van der Waals surface area contributed by atoms with Gasteiger partial charge in [-0.05, 0) is 24.1 Å². The first-order chi connectivity index (χ1) is 6.60. The van der Waals surface area contributed by atoms with Gasteiger partial charge in [0, 0.05) is 6.54 Å². The first-order valence-electron chi connectivity index (χ1n) is 4.04. The number of carbonyl (C=O) groups is 1. The fraction of sp³-hybridized carbons (Fsp3) is 0.333. The van der Waals surface area contributed by atoms with Crippen LogP contribution in [0.3, 0.4) is 0 Å². The van der Waals surface area contributed by atoms with Crippen molar-refractivity contribution in [3.63, 3.8) is 0 Å². The number of pyridine rings is 1. The molecule has 0 aromatic carbocycles. The maximum Gasteiger partial charge on any atom is 0.280 e. The Morgan fingerprint density at radius 1 is 1.64 bits per heavy atom. The van der Waals surface area contributed by atoms with E-state index in [1.807, 2.05) is 0 Å². The number of alkyl halides is 2. The van der Waals surface area contributed by atoms with E-state index in [-0.39, 0.29) is 12.2 Å². The van der Waals surface area contributed by atoms with Crippen molar-refractivity contribution in [3.8, 4) is 0 Å². The molecule has 0 aliphatic rings. The third-order valence-electron chi connectivity index (χ3n) is 1.99. The summed E-state index contributed by atoms with van der Waals surface area (Å²) >= 11 is 0. The molecule has 5 heteroatoms. The lowest BCUT2D eigenvalue weighted by atomic mass is 10.1. The molecule has 3 nitrogen and oxygen atoms in total. The highest BCUT2D eigenvalue weighted by molar-refractivity contribution is 5.74. The summed E-state index contributed by atoms with van der Waals surface area (Å²) in [6.45, 7) is 1.75. The van der Waals surface area contributed by atoms with Gasteiger partial charge in [-0.25, -0.2) is 13.8 Å². The normalized spacial score (nSPS) is 10.6. The van der Waals surface area contributed by atoms with Gasteiger partial charge in [-0.2, -0.15) is 0 Å². The molecule has 0 unspecified atom stereocenters. The van der Waals surface area contributed by atoms with Crippen molar-refractivity contribution in [1.29, 1.82) is 0 Å². The van der Waals surface area contributed by atoms with E-state index in [1.165, 1.54) is 6.07 Å². The van der Waals surface area contributed by atoms with Gasteiger partial charge in [0.05, 0.1) is 0 Å². The number of halogens is 2. The van der Waals surface area contributed by atoms with Crippen LogP contribution in [-0.4, -0.2) is 11.3 Å².